The highest BCUT2D eigenvalue weighted by atomic mass is 32.2. The molecule has 2 aromatic rings. The fraction of sp³-hybridized carbons (Fsp3) is 0.417. The van der Waals surface area contributed by atoms with Crippen LogP contribution in [0.1, 0.15) is 25.3 Å². The van der Waals surface area contributed by atoms with E-state index in [2.05, 4.69) is 20.9 Å². The van der Waals surface area contributed by atoms with Gasteiger partial charge in [0.2, 0.25) is 0 Å². The summed E-state index contributed by atoms with van der Waals surface area (Å²) < 4.78 is 39.1. The smallest absolute Gasteiger partial charge is 0.369 e. The lowest BCUT2D eigenvalue weighted by Crippen LogP contribution is -2.49. The number of amides is 1. The van der Waals surface area contributed by atoms with Gasteiger partial charge in [0.05, 0.1) is 11.3 Å². The molecule has 3 aliphatic heterocycles. The van der Waals surface area contributed by atoms with Crippen molar-refractivity contribution in [1.29, 1.82) is 0 Å². The van der Waals surface area contributed by atoms with Crippen LogP contribution < -0.4 is 9.80 Å². The SMILES string of the molecule is CC1(CCCN2CCN(c3cccc(C(F)(F)F)c3)CC2)C(=O)N=C2Sc3ccccc3N21. The maximum Gasteiger partial charge on any atom is 0.416 e. The normalized spacial score (nSPS) is 23.0. The highest BCUT2D eigenvalue weighted by molar-refractivity contribution is 8.14. The molecule has 1 amide bonds. The summed E-state index contributed by atoms with van der Waals surface area (Å²) in [5.74, 6) is -0.0890. The summed E-state index contributed by atoms with van der Waals surface area (Å²) in [6.07, 6.45) is -2.79. The Kier molecular flexibility index (Phi) is 5.64. The van der Waals surface area contributed by atoms with Gasteiger partial charge >= 0.3 is 6.18 Å². The molecule has 0 radical (unpaired) electrons. The van der Waals surface area contributed by atoms with E-state index in [0.29, 0.717) is 25.2 Å². The third kappa shape index (κ3) is 4.12. The molecule has 0 saturated carbocycles. The topological polar surface area (TPSA) is 39.1 Å². The number of amidine groups is 1. The second-order valence-corrected chi connectivity index (χ2v) is 9.87. The third-order valence-corrected chi connectivity index (χ3v) is 7.72. The Morgan fingerprint density at radius 1 is 1.06 bits per heavy atom. The number of thioether (sulfide) groups is 1. The van der Waals surface area contributed by atoms with Gasteiger partial charge < -0.3 is 9.80 Å². The summed E-state index contributed by atoms with van der Waals surface area (Å²) in [4.78, 5) is 24.6. The molecule has 5 rings (SSSR count). The van der Waals surface area contributed by atoms with Gasteiger partial charge in [-0.2, -0.15) is 18.2 Å². The molecule has 1 atom stereocenters. The first-order valence-corrected chi connectivity index (χ1v) is 11.9. The monoisotopic (exact) mass is 474 g/mol. The Hall–Kier alpha value is -2.52. The average Bonchev–Trinajstić information content (AvgIpc) is 3.28. The van der Waals surface area contributed by atoms with E-state index in [-0.39, 0.29) is 5.91 Å². The van der Waals surface area contributed by atoms with Crippen LogP contribution in [-0.2, 0) is 11.0 Å². The molecule has 0 spiro atoms. The van der Waals surface area contributed by atoms with Crippen molar-refractivity contribution in [3.8, 4) is 0 Å². The lowest BCUT2D eigenvalue weighted by atomic mass is 9.93. The molecule has 1 fully saturated rings. The van der Waals surface area contributed by atoms with Crippen LogP contribution in [0.15, 0.2) is 58.4 Å². The van der Waals surface area contributed by atoms with Gasteiger partial charge in [0.25, 0.3) is 5.91 Å². The average molecular weight is 475 g/mol. The molecule has 0 aliphatic carbocycles. The number of nitrogens with zero attached hydrogens (tertiary/aromatic N) is 4. The molecule has 33 heavy (non-hydrogen) atoms. The Labute approximate surface area is 195 Å². The van der Waals surface area contributed by atoms with Gasteiger partial charge in [0.1, 0.15) is 5.54 Å². The Morgan fingerprint density at radius 2 is 1.82 bits per heavy atom. The molecule has 3 heterocycles. The van der Waals surface area contributed by atoms with Crippen molar-refractivity contribution in [3.05, 3.63) is 54.1 Å². The Morgan fingerprint density at radius 3 is 2.58 bits per heavy atom. The Bertz CT molecular complexity index is 1100. The van der Waals surface area contributed by atoms with Crippen molar-refractivity contribution in [3.63, 3.8) is 0 Å². The van der Waals surface area contributed by atoms with Gasteiger partial charge in [0, 0.05) is 36.8 Å². The molecule has 0 aromatic heterocycles. The minimum absolute atomic E-state index is 0.0890. The van der Waals surface area contributed by atoms with Crippen LogP contribution in [0, 0.1) is 0 Å². The zero-order chi connectivity index (χ0) is 23.2. The maximum atomic E-state index is 13.0. The van der Waals surface area contributed by atoms with Gasteiger partial charge in [-0.15, -0.1) is 0 Å². The molecule has 1 unspecified atom stereocenters. The van der Waals surface area contributed by atoms with Crippen molar-refractivity contribution in [2.45, 2.75) is 36.4 Å². The summed E-state index contributed by atoms with van der Waals surface area (Å²) in [7, 11) is 0. The van der Waals surface area contributed by atoms with Crippen LogP contribution in [0.4, 0.5) is 24.5 Å². The van der Waals surface area contributed by atoms with Crippen molar-refractivity contribution in [2.75, 3.05) is 42.5 Å². The van der Waals surface area contributed by atoms with Gasteiger partial charge in [-0.05, 0) is 68.4 Å². The van der Waals surface area contributed by atoms with E-state index in [1.807, 2.05) is 30.0 Å². The first kappa shape index (κ1) is 22.3. The molecule has 5 nitrogen and oxygen atoms in total. The van der Waals surface area contributed by atoms with E-state index >= 15 is 0 Å². The van der Waals surface area contributed by atoms with E-state index in [1.165, 1.54) is 12.1 Å². The van der Waals surface area contributed by atoms with Crippen LogP contribution in [0.3, 0.4) is 0 Å². The van der Waals surface area contributed by atoms with Crippen LogP contribution in [0.5, 0.6) is 0 Å². The molecule has 2 aromatic carbocycles. The third-order valence-electron chi connectivity index (χ3n) is 6.70. The number of hydrogen-bond donors (Lipinski definition) is 0. The predicted octanol–water partition coefficient (Wildman–Crippen LogP) is 4.87. The highest BCUT2D eigenvalue weighted by Crippen LogP contribution is 2.48. The highest BCUT2D eigenvalue weighted by Gasteiger charge is 2.50. The predicted molar refractivity (Wildman–Crippen MR) is 125 cm³/mol. The van der Waals surface area contributed by atoms with Gasteiger partial charge in [0.15, 0.2) is 5.17 Å². The first-order chi connectivity index (χ1) is 15.8. The second kappa shape index (κ2) is 8.36. The summed E-state index contributed by atoms with van der Waals surface area (Å²) in [5.41, 5.74) is 0.377. The van der Waals surface area contributed by atoms with E-state index < -0.39 is 17.3 Å². The van der Waals surface area contributed by atoms with Crippen molar-refractivity contribution >= 4 is 34.2 Å². The van der Waals surface area contributed by atoms with Gasteiger partial charge in [-0.3, -0.25) is 9.69 Å². The van der Waals surface area contributed by atoms with Crippen LogP contribution >= 0.6 is 11.8 Å². The number of hydrogen-bond acceptors (Lipinski definition) is 5. The second-order valence-electron chi connectivity index (χ2n) is 8.86. The number of alkyl halides is 3. The van der Waals surface area contributed by atoms with Crippen molar-refractivity contribution < 1.29 is 18.0 Å². The molecule has 1 saturated heterocycles. The van der Waals surface area contributed by atoms with E-state index in [9.17, 15) is 18.0 Å². The number of piperazine rings is 1. The Balaban J connectivity index is 1.16. The zero-order valence-corrected chi connectivity index (χ0v) is 19.1. The largest absolute Gasteiger partial charge is 0.416 e. The molecular weight excluding hydrogens is 449 g/mol. The minimum atomic E-state index is -4.33. The quantitative estimate of drug-likeness (QED) is 0.618. The lowest BCUT2D eigenvalue weighted by molar-refractivity contribution is -0.137. The van der Waals surface area contributed by atoms with E-state index in [0.717, 1.165) is 47.9 Å². The van der Waals surface area contributed by atoms with Crippen LogP contribution in [0.25, 0.3) is 0 Å². The van der Waals surface area contributed by atoms with Crippen molar-refractivity contribution in [2.24, 2.45) is 4.99 Å². The van der Waals surface area contributed by atoms with E-state index in [4.69, 9.17) is 0 Å². The molecule has 3 aliphatic rings. The first-order valence-electron chi connectivity index (χ1n) is 11.1. The fourth-order valence-electron chi connectivity index (χ4n) is 4.80. The minimum Gasteiger partial charge on any atom is -0.369 e. The molecule has 0 N–H and O–H groups in total. The maximum absolute atomic E-state index is 13.0. The molecular formula is C24H25F3N4OS. The number of rotatable bonds is 5. The number of para-hydroxylation sites is 1. The number of anilines is 2. The summed E-state index contributed by atoms with van der Waals surface area (Å²) in [5, 5.41) is 0.762. The standard InChI is InChI=1S/C24H25F3N4OS/c1-23(21(32)28-22-31(23)19-8-2-3-9-20(19)33-22)10-5-11-29-12-14-30(15-13-29)18-7-4-6-17(16-18)24(25,26)27/h2-4,6-9,16H,5,10-15H2,1H3. The molecule has 0 bridgehead atoms. The number of carbonyl (C=O) groups excluding carboxylic acids is 1. The fourth-order valence-corrected chi connectivity index (χ4v) is 5.93. The molecule has 174 valence electrons. The summed E-state index contributed by atoms with van der Waals surface area (Å²) >= 11 is 1.54. The molecule has 9 heteroatoms. The van der Waals surface area contributed by atoms with Crippen molar-refractivity contribution in [1.82, 2.24) is 4.90 Å². The number of carbonyl (C=O) groups is 1. The number of benzene rings is 2. The number of halogens is 3. The van der Waals surface area contributed by atoms with Gasteiger partial charge in [-0.1, -0.05) is 18.2 Å². The zero-order valence-electron chi connectivity index (χ0n) is 18.3. The van der Waals surface area contributed by atoms with Crippen LogP contribution in [0.2, 0.25) is 0 Å². The van der Waals surface area contributed by atoms with E-state index in [1.54, 1.807) is 17.8 Å². The number of fused-ring (bicyclic) bond motifs is 3. The number of aliphatic imine (C=N–C) groups is 1. The lowest BCUT2D eigenvalue weighted by Gasteiger charge is -2.37. The van der Waals surface area contributed by atoms with Crippen LogP contribution in [-0.4, -0.2) is 54.2 Å². The summed E-state index contributed by atoms with van der Waals surface area (Å²) in [6.45, 7) is 5.75. The summed E-state index contributed by atoms with van der Waals surface area (Å²) in [6, 6.07) is 13.6. The van der Waals surface area contributed by atoms with Gasteiger partial charge in [-0.25, -0.2) is 0 Å².